The average Bonchev–Trinajstić information content (AvgIpc) is 2.44. The zero-order valence-corrected chi connectivity index (χ0v) is 12.4. The monoisotopic (exact) mass is 310 g/mol. The molecule has 0 spiro atoms. The number of amides is 1. The first-order valence-corrected chi connectivity index (χ1v) is 6.48. The normalized spacial score (nSPS) is 10.2. The number of rotatable bonds is 3. The van der Waals surface area contributed by atoms with Crippen molar-refractivity contribution in [3.63, 3.8) is 0 Å². The number of halogens is 2. The van der Waals surface area contributed by atoms with Crippen LogP contribution in [0.3, 0.4) is 0 Å². The molecule has 0 aliphatic heterocycles. The number of pyridine rings is 2. The number of hydrogen-bond acceptors (Lipinski definition) is 4. The van der Waals surface area contributed by atoms with Gasteiger partial charge < -0.3 is 10.2 Å². The maximum atomic E-state index is 12.1. The van der Waals surface area contributed by atoms with Crippen LogP contribution in [0.25, 0.3) is 0 Å². The summed E-state index contributed by atoms with van der Waals surface area (Å²) in [4.78, 5) is 21.9. The molecule has 0 fully saturated rings. The molecular formula is C13H12Cl2N4O. The van der Waals surface area contributed by atoms with Crippen molar-refractivity contribution in [1.29, 1.82) is 0 Å². The minimum absolute atomic E-state index is 0.249. The van der Waals surface area contributed by atoms with Gasteiger partial charge in [-0.3, -0.25) is 14.8 Å². The molecule has 2 rings (SSSR count). The van der Waals surface area contributed by atoms with Crippen LogP contribution >= 0.6 is 23.2 Å². The van der Waals surface area contributed by atoms with Crippen LogP contribution in [0, 0.1) is 0 Å². The maximum absolute atomic E-state index is 12.1. The van der Waals surface area contributed by atoms with E-state index in [2.05, 4.69) is 15.3 Å². The lowest BCUT2D eigenvalue weighted by Crippen LogP contribution is -2.16. The molecule has 104 valence electrons. The SMILES string of the molecule is CN(C)c1ccnc(C(=O)Nc2cncc(Cl)c2Cl)c1. The second kappa shape index (κ2) is 6.07. The van der Waals surface area contributed by atoms with E-state index >= 15 is 0 Å². The van der Waals surface area contributed by atoms with Gasteiger partial charge in [0.15, 0.2) is 0 Å². The highest BCUT2D eigenvalue weighted by Gasteiger charge is 2.12. The van der Waals surface area contributed by atoms with Gasteiger partial charge in [0.05, 0.1) is 21.9 Å². The minimum atomic E-state index is -0.375. The van der Waals surface area contributed by atoms with Gasteiger partial charge in [-0.05, 0) is 12.1 Å². The van der Waals surface area contributed by atoms with Gasteiger partial charge in [-0.2, -0.15) is 0 Å². The molecule has 0 saturated carbocycles. The first kappa shape index (κ1) is 14.6. The number of carbonyl (C=O) groups excluding carboxylic acids is 1. The number of aromatic nitrogens is 2. The molecule has 1 N–H and O–H groups in total. The van der Waals surface area contributed by atoms with Crippen LogP contribution in [0.1, 0.15) is 10.5 Å². The molecule has 0 radical (unpaired) electrons. The van der Waals surface area contributed by atoms with Gasteiger partial charge in [0.25, 0.3) is 5.91 Å². The quantitative estimate of drug-likeness (QED) is 0.946. The summed E-state index contributed by atoms with van der Waals surface area (Å²) < 4.78 is 0. The predicted octanol–water partition coefficient (Wildman–Crippen LogP) is 3.10. The first-order valence-electron chi connectivity index (χ1n) is 5.73. The topological polar surface area (TPSA) is 58.1 Å². The molecule has 0 aliphatic carbocycles. The third-order valence-corrected chi connectivity index (χ3v) is 3.37. The molecule has 2 aromatic heterocycles. The average molecular weight is 311 g/mol. The number of carbonyl (C=O) groups is 1. The zero-order valence-electron chi connectivity index (χ0n) is 10.9. The molecule has 0 saturated heterocycles. The van der Waals surface area contributed by atoms with Gasteiger partial charge in [-0.15, -0.1) is 0 Å². The van der Waals surface area contributed by atoms with Crippen molar-refractivity contribution < 1.29 is 4.79 Å². The van der Waals surface area contributed by atoms with Crippen molar-refractivity contribution >= 4 is 40.5 Å². The molecule has 2 heterocycles. The van der Waals surface area contributed by atoms with E-state index in [4.69, 9.17) is 23.2 Å². The second-order valence-electron chi connectivity index (χ2n) is 4.23. The molecule has 5 nitrogen and oxygen atoms in total. The highest BCUT2D eigenvalue weighted by Crippen LogP contribution is 2.28. The van der Waals surface area contributed by atoms with E-state index in [1.54, 1.807) is 12.3 Å². The molecule has 20 heavy (non-hydrogen) atoms. The van der Waals surface area contributed by atoms with Crippen molar-refractivity contribution in [3.8, 4) is 0 Å². The summed E-state index contributed by atoms with van der Waals surface area (Å²) in [6, 6.07) is 3.49. The maximum Gasteiger partial charge on any atom is 0.274 e. The summed E-state index contributed by atoms with van der Waals surface area (Å²) in [5, 5.41) is 3.16. The largest absolute Gasteiger partial charge is 0.378 e. The standard InChI is InChI=1S/C13H12Cl2N4O/c1-19(2)8-3-4-17-10(5-8)13(20)18-11-7-16-6-9(14)12(11)15/h3-7H,1-2H3,(H,18,20). The van der Waals surface area contributed by atoms with Gasteiger partial charge in [-0.25, -0.2) is 0 Å². The fourth-order valence-corrected chi connectivity index (χ4v) is 1.82. The van der Waals surface area contributed by atoms with Crippen molar-refractivity contribution in [1.82, 2.24) is 9.97 Å². The number of nitrogens with zero attached hydrogens (tertiary/aromatic N) is 3. The van der Waals surface area contributed by atoms with E-state index in [1.807, 2.05) is 25.1 Å². The van der Waals surface area contributed by atoms with Crippen molar-refractivity contribution in [2.45, 2.75) is 0 Å². The van der Waals surface area contributed by atoms with Crippen LogP contribution in [-0.4, -0.2) is 30.0 Å². The molecule has 0 bridgehead atoms. The number of anilines is 2. The van der Waals surface area contributed by atoms with Crippen molar-refractivity contribution in [2.24, 2.45) is 0 Å². The molecule has 0 aromatic carbocycles. The number of nitrogens with one attached hydrogen (secondary N) is 1. The third kappa shape index (κ3) is 3.18. The van der Waals surface area contributed by atoms with E-state index in [0.29, 0.717) is 5.69 Å². The fraction of sp³-hybridized carbons (Fsp3) is 0.154. The van der Waals surface area contributed by atoms with E-state index < -0.39 is 0 Å². The molecule has 0 atom stereocenters. The predicted molar refractivity (Wildman–Crippen MR) is 80.8 cm³/mol. The van der Waals surface area contributed by atoms with Crippen molar-refractivity contribution in [2.75, 3.05) is 24.3 Å². The Balaban J connectivity index is 2.24. The van der Waals surface area contributed by atoms with Crippen LogP contribution in [0.2, 0.25) is 10.0 Å². The molecule has 7 heteroatoms. The number of hydrogen-bond donors (Lipinski definition) is 1. The van der Waals surface area contributed by atoms with Gasteiger partial charge in [0.1, 0.15) is 5.69 Å². The first-order chi connectivity index (χ1) is 9.49. The lowest BCUT2D eigenvalue weighted by atomic mass is 10.3. The third-order valence-electron chi connectivity index (χ3n) is 2.58. The van der Waals surface area contributed by atoms with Crippen LogP contribution < -0.4 is 10.2 Å². The van der Waals surface area contributed by atoms with Crippen LogP contribution in [0.5, 0.6) is 0 Å². The molecule has 1 amide bonds. The molecule has 0 unspecified atom stereocenters. The summed E-state index contributed by atoms with van der Waals surface area (Å²) in [7, 11) is 3.77. The summed E-state index contributed by atoms with van der Waals surface area (Å²) in [5.74, 6) is -0.375. The van der Waals surface area contributed by atoms with E-state index in [9.17, 15) is 4.79 Å². The Bertz CT molecular complexity index is 646. The van der Waals surface area contributed by atoms with Gasteiger partial charge >= 0.3 is 0 Å². The minimum Gasteiger partial charge on any atom is -0.378 e. The summed E-state index contributed by atoms with van der Waals surface area (Å²) in [5.41, 5.74) is 1.51. The lowest BCUT2D eigenvalue weighted by Gasteiger charge is -2.13. The fourth-order valence-electron chi connectivity index (χ4n) is 1.51. The van der Waals surface area contributed by atoms with E-state index in [-0.39, 0.29) is 21.6 Å². The Morgan fingerprint density at radius 3 is 2.75 bits per heavy atom. The van der Waals surface area contributed by atoms with Crippen molar-refractivity contribution in [3.05, 3.63) is 46.5 Å². The Morgan fingerprint density at radius 2 is 2.05 bits per heavy atom. The van der Waals surface area contributed by atoms with E-state index in [1.165, 1.54) is 12.4 Å². The Morgan fingerprint density at radius 1 is 1.30 bits per heavy atom. The van der Waals surface area contributed by atoms with Crippen LogP contribution in [0.15, 0.2) is 30.7 Å². The zero-order chi connectivity index (χ0) is 14.7. The highest BCUT2D eigenvalue weighted by molar-refractivity contribution is 6.43. The Hall–Kier alpha value is -1.85. The second-order valence-corrected chi connectivity index (χ2v) is 5.02. The smallest absolute Gasteiger partial charge is 0.274 e. The van der Waals surface area contributed by atoms with Gasteiger partial charge in [0.2, 0.25) is 0 Å². The van der Waals surface area contributed by atoms with Crippen LogP contribution in [-0.2, 0) is 0 Å². The summed E-state index contributed by atoms with van der Waals surface area (Å²) in [6.07, 6.45) is 4.41. The lowest BCUT2D eigenvalue weighted by molar-refractivity contribution is 0.102. The Labute approximate surface area is 126 Å². The van der Waals surface area contributed by atoms with E-state index in [0.717, 1.165) is 5.69 Å². The summed E-state index contributed by atoms with van der Waals surface area (Å²) in [6.45, 7) is 0. The molecule has 2 aromatic rings. The highest BCUT2D eigenvalue weighted by atomic mass is 35.5. The Kier molecular flexibility index (Phi) is 4.42. The van der Waals surface area contributed by atoms with Gasteiger partial charge in [0, 0.05) is 32.2 Å². The van der Waals surface area contributed by atoms with Crippen LogP contribution in [0.4, 0.5) is 11.4 Å². The molecule has 0 aliphatic rings. The molecular weight excluding hydrogens is 299 g/mol. The summed E-state index contributed by atoms with van der Waals surface area (Å²) >= 11 is 11.8. The van der Waals surface area contributed by atoms with Gasteiger partial charge in [-0.1, -0.05) is 23.2 Å².